The third kappa shape index (κ3) is 2.79. The van der Waals surface area contributed by atoms with Gasteiger partial charge < -0.3 is 14.6 Å². The number of fused-ring (bicyclic) bond motifs is 1. The maximum absolute atomic E-state index is 12.7. The van der Waals surface area contributed by atoms with Crippen molar-refractivity contribution in [3.63, 3.8) is 0 Å². The van der Waals surface area contributed by atoms with Gasteiger partial charge in [-0.25, -0.2) is 9.79 Å². The SMILES string of the molecule is CCC1=CSC(n2cc(C(=O)O)c(=O)c3c2=NC(Cl)C(C)C=3C)N1C. The molecule has 0 fully saturated rings. The summed E-state index contributed by atoms with van der Waals surface area (Å²) >= 11 is 7.92. The number of hydrogen-bond acceptors (Lipinski definition) is 5. The molecule has 2 aliphatic heterocycles. The Morgan fingerprint density at radius 1 is 1.48 bits per heavy atom. The number of rotatable bonds is 3. The maximum atomic E-state index is 12.7. The van der Waals surface area contributed by atoms with E-state index < -0.39 is 16.9 Å². The van der Waals surface area contributed by atoms with Gasteiger partial charge in [-0.15, -0.1) is 0 Å². The lowest BCUT2D eigenvalue weighted by Gasteiger charge is -2.29. The number of halogens is 1. The molecular weight excluding hydrogens is 362 g/mol. The topological polar surface area (TPSA) is 74.9 Å². The molecule has 3 rings (SSSR count). The van der Waals surface area contributed by atoms with Crippen molar-refractivity contribution in [2.75, 3.05) is 7.05 Å². The van der Waals surface area contributed by atoms with Crippen LogP contribution in [0.4, 0.5) is 0 Å². The van der Waals surface area contributed by atoms with Crippen LogP contribution in [0.2, 0.25) is 0 Å². The molecular formula is C17H20ClN3O3S. The first-order valence-corrected chi connectivity index (χ1v) is 9.44. The van der Waals surface area contributed by atoms with E-state index in [0.717, 1.165) is 17.7 Å². The zero-order valence-electron chi connectivity index (χ0n) is 14.5. The number of thioether (sulfide) groups is 1. The zero-order chi connectivity index (χ0) is 18.5. The highest BCUT2D eigenvalue weighted by Gasteiger charge is 2.30. The van der Waals surface area contributed by atoms with Crippen LogP contribution >= 0.6 is 23.4 Å². The lowest BCUT2D eigenvalue weighted by atomic mass is 9.97. The third-order valence-electron chi connectivity index (χ3n) is 4.88. The Labute approximate surface area is 154 Å². The fourth-order valence-corrected chi connectivity index (χ4v) is 4.64. The van der Waals surface area contributed by atoms with Crippen LogP contribution in [0.25, 0.3) is 5.57 Å². The summed E-state index contributed by atoms with van der Waals surface area (Å²) in [6.45, 7) is 5.78. The van der Waals surface area contributed by atoms with Crippen molar-refractivity contribution in [1.82, 2.24) is 9.47 Å². The summed E-state index contributed by atoms with van der Waals surface area (Å²) in [6, 6.07) is 0. The largest absolute Gasteiger partial charge is 0.477 e. The summed E-state index contributed by atoms with van der Waals surface area (Å²) in [4.78, 5) is 30.9. The van der Waals surface area contributed by atoms with Gasteiger partial charge in [0.05, 0.1) is 5.22 Å². The smallest absolute Gasteiger partial charge is 0.341 e. The molecule has 25 heavy (non-hydrogen) atoms. The molecule has 0 amide bonds. The molecule has 0 saturated carbocycles. The Bertz CT molecular complexity index is 953. The van der Waals surface area contributed by atoms with Crippen LogP contribution in [-0.4, -0.2) is 33.1 Å². The molecule has 0 bridgehead atoms. The van der Waals surface area contributed by atoms with Gasteiger partial charge in [0.1, 0.15) is 16.6 Å². The predicted octanol–water partition coefficient (Wildman–Crippen LogP) is 1.94. The molecule has 3 unspecified atom stereocenters. The Morgan fingerprint density at radius 3 is 2.72 bits per heavy atom. The molecule has 6 nitrogen and oxygen atoms in total. The van der Waals surface area contributed by atoms with E-state index in [1.54, 1.807) is 16.3 Å². The van der Waals surface area contributed by atoms with E-state index in [0.29, 0.717) is 10.7 Å². The number of carboxylic acids is 1. The average Bonchev–Trinajstić information content (AvgIpc) is 2.93. The van der Waals surface area contributed by atoms with E-state index >= 15 is 0 Å². The summed E-state index contributed by atoms with van der Waals surface area (Å²) in [7, 11) is 1.95. The van der Waals surface area contributed by atoms with Gasteiger partial charge in [0.15, 0.2) is 5.50 Å². The molecule has 1 aromatic rings. The van der Waals surface area contributed by atoms with E-state index in [1.807, 2.05) is 20.9 Å². The summed E-state index contributed by atoms with van der Waals surface area (Å²) in [5.74, 6) is -1.36. The number of aromatic nitrogens is 1. The minimum absolute atomic E-state index is 0.127. The normalized spacial score (nSPS) is 25.5. The standard InChI is InChI=1S/C17H20ClN3O3S/c1-5-10-7-25-17(20(10)4)21-6-11(16(23)24)13(22)12-8(2)9(3)14(18)19-15(12)21/h6-7,9,14,17H,5H2,1-4H3,(H,23,24). The molecule has 1 aromatic heterocycles. The third-order valence-corrected chi connectivity index (χ3v) is 6.55. The van der Waals surface area contributed by atoms with E-state index in [9.17, 15) is 14.7 Å². The Hall–Kier alpha value is -1.73. The van der Waals surface area contributed by atoms with Crippen molar-refractivity contribution in [3.05, 3.63) is 43.8 Å². The number of nitrogens with zero attached hydrogens (tertiary/aromatic N) is 3. The first-order valence-electron chi connectivity index (χ1n) is 8.06. The van der Waals surface area contributed by atoms with Gasteiger partial charge in [0.2, 0.25) is 5.43 Å². The van der Waals surface area contributed by atoms with Crippen LogP contribution in [0.15, 0.2) is 27.1 Å². The second-order valence-corrected chi connectivity index (χ2v) is 7.67. The second kappa shape index (κ2) is 6.53. The van der Waals surface area contributed by atoms with E-state index in [-0.39, 0.29) is 17.0 Å². The fraction of sp³-hybridized carbons (Fsp3) is 0.471. The Balaban J connectivity index is 2.36. The van der Waals surface area contributed by atoms with Gasteiger partial charge in [0, 0.05) is 24.9 Å². The van der Waals surface area contributed by atoms with Gasteiger partial charge in [0.25, 0.3) is 0 Å². The molecule has 134 valence electrons. The van der Waals surface area contributed by atoms with Gasteiger partial charge in [-0.05, 0) is 18.8 Å². The Morgan fingerprint density at radius 2 is 2.16 bits per heavy atom. The minimum Gasteiger partial charge on any atom is -0.477 e. The van der Waals surface area contributed by atoms with Gasteiger partial charge in [-0.2, -0.15) is 0 Å². The number of carboxylic acid groups (broad SMARTS) is 1. The van der Waals surface area contributed by atoms with Gasteiger partial charge >= 0.3 is 5.97 Å². The number of allylic oxidation sites excluding steroid dienone is 1. The average molecular weight is 382 g/mol. The number of alkyl halides is 1. The van der Waals surface area contributed by atoms with Gasteiger partial charge in [-0.1, -0.05) is 42.8 Å². The fourth-order valence-electron chi connectivity index (χ4n) is 3.13. The summed E-state index contributed by atoms with van der Waals surface area (Å²) in [6.07, 6.45) is 2.26. The highest BCUT2D eigenvalue weighted by molar-refractivity contribution is 8.02. The minimum atomic E-state index is -1.23. The van der Waals surface area contributed by atoms with Crippen molar-refractivity contribution in [3.8, 4) is 0 Å². The number of pyridine rings is 1. The van der Waals surface area contributed by atoms with E-state index in [4.69, 9.17) is 11.6 Å². The van der Waals surface area contributed by atoms with Crippen LogP contribution in [0, 0.1) is 5.92 Å². The van der Waals surface area contributed by atoms with Crippen LogP contribution in [0.1, 0.15) is 43.0 Å². The second-order valence-electron chi connectivity index (χ2n) is 6.29. The van der Waals surface area contributed by atoms with Crippen molar-refractivity contribution in [1.29, 1.82) is 0 Å². The molecule has 0 spiro atoms. The van der Waals surface area contributed by atoms with Crippen LogP contribution in [-0.2, 0) is 0 Å². The molecule has 2 aliphatic rings. The quantitative estimate of drug-likeness (QED) is 0.639. The van der Waals surface area contributed by atoms with Crippen molar-refractivity contribution in [2.45, 2.75) is 38.2 Å². The summed E-state index contributed by atoms with van der Waals surface area (Å²) < 4.78 is 1.76. The summed E-state index contributed by atoms with van der Waals surface area (Å²) in [5.41, 5.74) is 0.964. The molecule has 3 heterocycles. The number of hydrogen-bond donors (Lipinski definition) is 1. The lowest BCUT2D eigenvalue weighted by Crippen LogP contribution is -2.53. The molecule has 0 aliphatic carbocycles. The van der Waals surface area contributed by atoms with Gasteiger partial charge in [-0.3, -0.25) is 4.79 Å². The molecule has 0 saturated heterocycles. The Kier molecular flexibility index (Phi) is 4.72. The first kappa shape index (κ1) is 18.1. The predicted molar refractivity (Wildman–Crippen MR) is 99.1 cm³/mol. The highest BCUT2D eigenvalue weighted by atomic mass is 35.5. The molecule has 0 aromatic carbocycles. The summed E-state index contributed by atoms with van der Waals surface area (Å²) in [5, 5.41) is 11.9. The van der Waals surface area contributed by atoms with E-state index in [1.165, 1.54) is 6.20 Å². The maximum Gasteiger partial charge on any atom is 0.341 e. The van der Waals surface area contributed by atoms with E-state index in [2.05, 4.69) is 22.2 Å². The van der Waals surface area contributed by atoms with Crippen LogP contribution in [0.3, 0.4) is 0 Å². The lowest BCUT2D eigenvalue weighted by molar-refractivity contribution is 0.0693. The van der Waals surface area contributed by atoms with Crippen LogP contribution in [0.5, 0.6) is 0 Å². The first-order chi connectivity index (χ1) is 11.8. The number of aromatic carboxylic acids is 1. The number of carbonyl (C=O) groups is 1. The van der Waals surface area contributed by atoms with Crippen molar-refractivity contribution >= 4 is 34.9 Å². The monoisotopic (exact) mass is 381 g/mol. The molecule has 0 radical (unpaired) electrons. The molecule has 1 N–H and O–H groups in total. The van der Waals surface area contributed by atoms with Crippen molar-refractivity contribution < 1.29 is 9.90 Å². The zero-order valence-corrected chi connectivity index (χ0v) is 16.1. The molecule has 3 atom stereocenters. The molecule has 8 heteroatoms. The van der Waals surface area contributed by atoms with Crippen LogP contribution < -0.4 is 16.1 Å². The highest BCUT2D eigenvalue weighted by Crippen LogP contribution is 2.37. The van der Waals surface area contributed by atoms with Crippen molar-refractivity contribution in [2.24, 2.45) is 10.9 Å².